The van der Waals surface area contributed by atoms with Gasteiger partial charge in [0.15, 0.2) is 0 Å². The van der Waals surface area contributed by atoms with Crippen molar-refractivity contribution in [3.05, 3.63) is 18.2 Å². The first-order valence-corrected chi connectivity index (χ1v) is 11.5. The lowest BCUT2D eigenvalue weighted by Crippen LogP contribution is -2.58. The van der Waals surface area contributed by atoms with Gasteiger partial charge in [-0.15, -0.1) is 0 Å². The Kier molecular flexibility index (Phi) is 13.1. The molecule has 0 saturated carbocycles. The number of aromatic nitrogens is 2. The molecule has 1 aromatic heterocycles. The van der Waals surface area contributed by atoms with Gasteiger partial charge in [0.1, 0.15) is 24.2 Å². The van der Waals surface area contributed by atoms with Crippen molar-refractivity contribution in [2.45, 2.75) is 75.7 Å². The number of nitrogens with one attached hydrogen (secondary N) is 4. The number of hydrogen-bond donors (Lipinski definition) is 9. The molecule has 1 heterocycles. The van der Waals surface area contributed by atoms with Crippen LogP contribution in [0.15, 0.2) is 12.5 Å². The Labute approximate surface area is 207 Å². The number of unbranched alkanes of at least 4 members (excludes halogenated alkanes) is 1. The largest absolute Gasteiger partial charge is 0.480 e. The van der Waals surface area contributed by atoms with Crippen molar-refractivity contribution in [2.75, 3.05) is 6.54 Å². The fourth-order valence-corrected chi connectivity index (χ4v) is 3.16. The Hall–Kier alpha value is -3.56. The summed E-state index contributed by atoms with van der Waals surface area (Å²) >= 11 is 0. The number of rotatable bonds is 17. The van der Waals surface area contributed by atoms with Crippen LogP contribution in [-0.2, 0) is 30.4 Å². The lowest BCUT2D eigenvalue weighted by molar-refractivity contribution is -0.142. The number of carboxylic acids is 1. The van der Waals surface area contributed by atoms with E-state index in [1.54, 1.807) is 0 Å². The van der Waals surface area contributed by atoms with Crippen LogP contribution >= 0.6 is 0 Å². The third-order valence-electron chi connectivity index (χ3n) is 5.31. The summed E-state index contributed by atoms with van der Waals surface area (Å²) in [6.45, 7) is 1.69. The van der Waals surface area contributed by atoms with Crippen LogP contribution in [0, 0.1) is 0 Å². The number of aliphatic carboxylic acids is 1. The minimum absolute atomic E-state index is 0.0730. The van der Waals surface area contributed by atoms with Gasteiger partial charge in [-0.25, -0.2) is 9.78 Å². The minimum Gasteiger partial charge on any atom is -0.480 e. The zero-order valence-electron chi connectivity index (χ0n) is 20.1. The molecule has 5 unspecified atom stereocenters. The van der Waals surface area contributed by atoms with Gasteiger partial charge in [0.25, 0.3) is 0 Å². The van der Waals surface area contributed by atoms with E-state index in [0.717, 1.165) is 0 Å². The van der Waals surface area contributed by atoms with Crippen LogP contribution in [0.1, 0.15) is 44.7 Å². The fraction of sp³-hybridized carbons (Fsp3) is 0.619. The molecule has 5 atom stereocenters. The molecular formula is C21H36N8O7. The van der Waals surface area contributed by atoms with Crippen molar-refractivity contribution in [2.24, 2.45) is 17.2 Å². The summed E-state index contributed by atoms with van der Waals surface area (Å²) in [7, 11) is 0. The molecule has 0 spiro atoms. The molecule has 1 rings (SSSR count). The molecule has 12 N–H and O–H groups in total. The molecule has 0 aromatic carbocycles. The number of aliphatic hydroxyl groups is 1. The standard InChI is InChI=1S/C21H36N8O7/c1-11(30)17(24)20(34)27-13(4-2-3-7-22)18(32)29-15(8-12-9-25-10-26-12)19(33)28-14(21(35)36)5-6-16(23)31/h9-11,13-15,17,30H,2-8,22,24H2,1H3,(H2,23,31)(H,25,26)(H,27,34)(H,28,33)(H,29,32)(H,35,36). The number of nitrogens with zero attached hydrogens (tertiary/aromatic N) is 1. The maximum absolute atomic E-state index is 13.1. The summed E-state index contributed by atoms with van der Waals surface area (Å²) in [5.74, 6) is -4.42. The number of carbonyl (C=O) groups excluding carboxylic acids is 4. The summed E-state index contributed by atoms with van der Waals surface area (Å²) in [6.07, 6.45) is 2.27. The highest BCUT2D eigenvalue weighted by Crippen LogP contribution is 2.06. The van der Waals surface area contributed by atoms with Crippen LogP contribution in [0.25, 0.3) is 0 Å². The second-order valence-electron chi connectivity index (χ2n) is 8.36. The molecule has 36 heavy (non-hydrogen) atoms. The SMILES string of the molecule is CC(O)C(N)C(=O)NC(CCCCN)C(=O)NC(Cc1cnc[nH]1)C(=O)NC(CCC(N)=O)C(=O)O. The number of amides is 4. The Balaban J connectivity index is 3.06. The molecule has 0 aliphatic rings. The van der Waals surface area contributed by atoms with Gasteiger partial charge in [-0.05, 0) is 39.2 Å². The summed E-state index contributed by atoms with van der Waals surface area (Å²) < 4.78 is 0. The van der Waals surface area contributed by atoms with E-state index < -0.39 is 59.9 Å². The Morgan fingerprint density at radius 1 is 1.00 bits per heavy atom. The molecule has 0 aliphatic heterocycles. The first-order valence-electron chi connectivity index (χ1n) is 11.5. The normalized spacial score (nSPS) is 15.1. The third kappa shape index (κ3) is 10.8. The molecule has 15 nitrogen and oxygen atoms in total. The first-order chi connectivity index (χ1) is 17.0. The highest BCUT2D eigenvalue weighted by atomic mass is 16.4. The topological polar surface area (TPSA) is 269 Å². The first kappa shape index (κ1) is 30.5. The van der Waals surface area contributed by atoms with Crippen molar-refractivity contribution >= 4 is 29.6 Å². The quantitative estimate of drug-likeness (QED) is 0.0933. The third-order valence-corrected chi connectivity index (χ3v) is 5.31. The van der Waals surface area contributed by atoms with E-state index in [1.165, 1.54) is 19.4 Å². The number of hydrogen-bond acceptors (Lipinski definition) is 9. The van der Waals surface area contributed by atoms with Gasteiger partial charge >= 0.3 is 5.97 Å². The summed E-state index contributed by atoms with van der Waals surface area (Å²) in [6, 6.07) is -5.06. The zero-order chi connectivity index (χ0) is 27.3. The number of carboxylic acid groups (broad SMARTS) is 1. The van der Waals surface area contributed by atoms with Gasteiger partial charge < -0.3 is 48.3 Å². The van der Waals surface area contributed by atoms with Crippen LogP contribution in [0.3, 0.4) is 0 Å². The van der Waals surface area contributed by atoms with Crippen molar-refractivity contribution in [3.8, 4) is 0 Å². The zero-order valence-corrected chi connectivity index (χ0v) is 20.1. The van der Waals surface area contributed by atoms with E-state index in [-0.39, 0.29) is 25.7 Å². The van der Waals surface area contributed by atoms with Crippen LogP contribution in [0.5, 0.6) is 0 Å². The highest BCUT2D eigenvalue weighted by molar-refractivity contribution is 5.94. The average Bonchev–Trinajstić information content (AvgIpc) is 3.32. The van der Waals surface area contributed by atoms with E-state index in [4.69, 9.17) is 17.2 Å². The van der Waals surface area contributed by atoms with Crippen molar-refractivity contribution < 1.29 is 34.2 Å². The Morgan fingerprint density at radius 3 is 2.14 bits per heavy atom. The lowest BCUT2D eigenvalue weighted by Gasteiger charge is -2.25. The maximum atomic E-state index is 13.1. The number of carbonyl (C=O) groups is 5. The van der Waals surface area contributed by atoms with Gasteiger partial charge in [-0.1, -0.05) is 0 Å². The van der Waals surface area contributed by atoms with Gasteiger partial charge in [-0.3, -0.25) is 19.2 Å². The van der Waals surface area contributed by atoms with E-state index in [2.05, 4.69) is 25.9 Å². The predicted octanol–water partition coefficient (Wildman–Crippen LogP) is -3.41. The molecule has 0 bridgehead atoms. The van der Waals surface area contributed by atoms with Crippen LogP contribution in [0.2, 0.25) is 0 Å². The maximum Gasteiger partial charge on any atom is 0.326 e. The molecule has 0 fully saturated rings. The molecule has 0 radical (unpaired) electrons. The number of aromatic amines is 1. The van der Waals surface area contributed by atoms with Gasteiger partial charge in [0, 0.05) is 24.7 Å². The number of aliphatic hydroxyl groups excluding tert-OH is 1. The van der Waals surface area contributed by atoms with Gasteiger partial charge in [-0.2, -0.15) is 0 Å². The average molecular weight is 513 g/mol. The van der Waals surface area contributed by atoms with Crippen molar-refractivity contribution in [1.29, 1.82) is 0 Å². The number of H-pyrrole nitrogens is 1. The molecule has 202 valence electrons. The monoisotopic (exact) mass is 512 g/mol. The summed E-state index contributed by atoms with van der Waals surface area (Å²) in [5.41, 5.74) is 16.7. The molecule has 0 saturated heterocycles. The Bertz CT molecular complexity index is 878. The molecular weight excluding hydrogens is 476 g/mol. The number of primary amides is 1. The van der Waals surface area contributed by atoms with E-state index >= 15 is 0 Å². The number of nitrogens with two attached hydrogens (primary N) is 3. The molecule has 1 aromatic rings. The highest BCUT2D eigenvalue weighted by Gasteiger charge is 2.31. The van der Waals surface area contributed by atoms with Crippen LogP contribution < -0.4 is 33.2 Å². The Morgan fingerprint density at radius 2 is 1.61 bits per heavy atom. The molecule has 15 heteroatoms. The molecule has 4 amide bonds. The fourth-order valence-electron chi connectivity index (χ4n) is 3.16. The van der Waals surface area contributed by atoms with Crippen molar-refractivity contribution in [1.82, 2.24) is 25.9 Å². The summed E-state index contributed by atoms with van der Waals surface area (Å²) in [5, 5.41) is 26.3. The smallest absolute Gasteiger partial charge is 0.326 e. The van der Waals surface area contributed by atoms with Gasteiger partial charge in [0.05, 0.1) is 12.4 Å². The van der Waals surface area contributed by atoms with Crippen LogP contribution in [0.4, 0.5) is 0 Å². The van der Waals surface area contributed by atoms with Gasteiger partial charge in [0.2, 0.25) is 23.6 Å². The second-order valence-corrected chi connectivity index (χ2v) is 8.36. The lowest BCUT2D eigenvalue weighted by atomic mass is 10.0. The predicted molar refractivity (Wildman–Crippen MR) is 127 cm³/mol. The number of imidazole rings is 1. The van der Waals surface area contributed by atoms with Crippen LogP contribution in [-0.4, -0.2) is 86.6 Å². The van der Waals surface area contributed by atoms with E-state index in [1.807, 2.05) is 0 Å². The van der Waals surface area contributed by atoms with E-state index in [0.29, 0.717) is 25.1 Å². The second kappa shape index (κ2) is 15.4. The van der Waals surface area contributed by atoms with E-state index in [9.17, 15) is 34.2 Å². The van der Waals surface area contributed by atoms with Crippen molar-refractivity contribution in [3.63, 3.8) is 0 Å². The molecule has 0 aliphatic carbocycles. The summed E-state index contributed by atoms with van der Waals surface area (Å²) in [4.78, 5) is 67.7. The minimum atomic E-state index is -1.42.